The molecule has 0 spiro atoms. The molecule has 1 heterocycles. The smallest absolute Gasteiger partial charge is 0.356 e. The van der Waals surface area contributed by atoms with Crippen molar-refractivity contribution in [2.24, 2.45) is 0 Å². The number of carbonyl (C=O) groups is 1. The van der Waals surface area contributed by atoms with Crippen molar-refractivity contribution in [2.45, 2.75) is 62.3 Å². The van der Waals surface area contributed by atoms with Crippen molar-refractivity contribution in [3.63, 3.8) is 0 Å². The highest BCUT2D eigenvalue weighted by Gasteiger charge is 2.48. The maximum absolute atomic E-state index is 13.7. The standard InChI is InChI=1S/C28H33F2N3O3S/c1-3-36-24(34)23-17-31-26(33-23)37-16-10-4-9-15-28(25(35)32-18-27(2,29)30)21-13-7-5-11-19(21)20-12-6-8-14-22(20)28/h5-8,11-14,17,25,32,35H,3-4,9-10,15-16,18H2,1-2H3,(H,31,33). The number of aliphatic hydroxyl groups excluding tert-OH is 1. The summed E-state index contributed by atoms with van der Waals surface area (Å²) in [5, 5.41) is 14.8. The summed E-state index contributed by atoms with van der Waals surface area (Å²) < 4.78 is 32.4. The fourth-order valence-electron chi connectivity index (χ4n) is 5.05. The lowest BCUT2D eigenvalue weighted by molar-refractivity contribution is -0.0107. The first-order valence-corrected chi connectivity index (χ1v) is 13.6. The number of alkyl halides is 2. The van der Waals surface area contributed by atoms with Gasteiger partial charge in [-0.05, 0) is 42.0 Å². The van der Waals surface area contributed by atoms with Crippen molar-refractivity contribution in [1.82, 2.24) is 15.3 Å². The number of hydrogen-bond donors (Lipinski definition) is 3. The van der Waals surface area contributed by atoms with E-state index in [2.05, 4.69) is 15.3 Å². The average molecular weight is 530 g/mol. The first-order chi connectivity index (χ1) is 17.8. The number of aromatic amines is 1. The summed E-state index contributed by atoms with van der Waals surface area (Å²) in [4.78, 5) is 19.0. The van der Waals surface area contributed by atoms with Crippen LogP contribution in [0.25, 0.3) is 11.1 Å². The van der Waals surface area contributed by atoms with Gasteiger partial charge < -0.3 is 14.8 Å². The molecule has 0 radical (unpaired) electrons. The number of thioether (sulfide) groups is 1. The van der Waals surface area contributed by atoms with E-state index in [9.17, 15) is 18.7 Å². The lowest BCUT2D eigenvalue weighted by Crippen LogP contribution is -2.51. The number of esters is 1. The van der Waals surface area contributed by atoms with Gasteiger partial charge in [0.2, 0.25) is 0 Å². The van der Waals surface area contributed by atoms with Gasteiger partial charge in [-0.3, -0.25) is 5.32 Å². The van der Waals surface area contributed by atoms with Crippen molar-refractivity contribution >= 4 is 17.7 Å². The second kappa shape index (κ2) is 11.8. The number of hydrogen-bond acceptors (Lipinski definition) is 6. The molecule has 3 aromatic rings. The molecule has 0 fully saturated rings. The molecule has 0 aliphatic heterocycles. The topological polar surface area (TPSA) is 87.2 Å². The minimum Gasteiger partial charge on any atom is -0.461 e. The van der Waals surface area contributed by atoms with E-state index in [-0.39, 0.29) is 0 Å². The molecule has 9 heteroatoms. The van der Waals surface area contributed by atoms with Gasteiger partial charge in [0.15, 0.2) is 5.16 Å². The summed E-state index contributed by atoms with van der Waals surface area (Å²) in [6, 6.07) is 15.9. The van der Waals surface area contributed by atoms with Crippen LogP contribution in [0.15, 0.2) is 59.9 Å². The number of benzene rings is 2. The molecule has 37 heavy (non-hydrogen) atoms. The van der Waals surface area contributed by atoms with Gasteiger partial charge in [-0.1, -0.05) is 73.1 Å². The molecule has 0 saturated carbocycles. The van der Waals surface area contributed by atoms with Gasteiger partial charge >= 0.3 is 5.97 Å². The fraction of sp³-hybridized carbons (Fsp3) is 0.429. The first-order valence-electron chi connectivity index (χ1n) is 12.6. The zero-order chi connectivity index (χ0) is 26.5. The lowest BCUT2D eigenvalue weighted by Gasteiger charge is -2.38. The lowest BCUT2D eigenvalue weighted by atomic mass is 9.72. The molecule has 4 rings (SSSR count). The van der Waals surface area contributed by atoms with Crippen LogP contribution in [-0.2, 0) is 10.2 Å². The number of ether oxygens (including phenoxy) is 1. The van der Waals surface area contributed by atoms with Gasteiger partial charge in [-0.25, -0.2) is 18.6 Å². The molecule has 1 aliphatic rings. The number of halogens is 2. The molecule has 1 atom stereocenters. The number of aromatic nitrogens is 2. The third-order valence-electron chi connectivity index (χ3n) is 6.68. The van der Waals surface area contributed by atoms with Gasteiger partial charge in [-0.2, -0.15) is 0 Å². The van der Waals surface area contributed by atoms with Crippen LogP contribution in [0.5, 0.6) is 0 Å². The Morgan fingerprint density at radius 2 is 1.78 bits per heavy atom. The molecular weight excluding hydrogens is 496 g/mol. The number of nitrogens with zero attached hydrogens (tertiary/aromatic N) is 1. The number of H-pyrrole nitrogens is 1. The Labute approximate surface area is 220 Å². The fourth-order valence-corrected chi connectivity index (χ4v) is 5.90. The van der Waals surface area contributed by atoms with Gasteiger partial charge in [-0.15, -0.1) is 0 Å². The molecule has 2 aromatic carbocycles. The van der Waals surface area contributed by atoms with Crippen LogP contribution in [0.2, 0.25) is 0 Å². The van der Waals surface area contributed by atoms with Gasteiger partial charge in [0.05, 0.1) is 24.8 Å². The van der Waals surface area contributed by atoms with E-state index in [0.717, 1.165) is 54.2 Å². The summed E-state index contributed by atoms with van der Waals surface area (Å²) in [6.45, 7) is 2.31. The van der Waals surface area contributed by atoms with Crippen LogP contribution >= 0.6 is 11.8 Å². The molecule has 0 saturated heterocycles. The Kier molecular flexibility index (Phi) is 8.67. The number of carbonyl (C=O) groups excluding carboxylic acids is 1. The van der Waals surface area contributed by atoms with Crippen molar-refractivity contribution in [3.8, 4) is 11.1 Å². The minimum absolute atomic E-state index is 0.307. The number of imidazole rings is 1. The highest BCUT2D eigenvalue weighted by atomic mass is 32.2. The summed E-state index contributed by atoms with van der Waals surface area (Å²) in [5.41, 5.74) is 3.52. The number of rotatable bonds is 13. The Morgan fingerprint density at radius 1 is 1.14 bits per heavy atom. The average Bonchev–Trinajstić information content (AvgIpc) is 3.46. The molecule has 3 N–H and O–H groups in total. The van der Waals surface area contributed by atoms with Crippen LogP contribution < -0.4 is 5.32 Å². The monoisotopic (exact) mass is 529 g/mol. The number of fused-ring (bicyclic) bond motifs is 3. The molecule has 0 amide bonds. The normalized spacial score (nSPS) is 14.7. The molecule has 1 aromatic heterocycles. The van der Waals surface area contributed by atoms with Crippen molar-refractivity contribution in [2.75, 3.05) is 18.9 Å². The quantitative estimate of drug-likeness (QED) is 0.113. The van der Waals surface area contributed by atoms with Crippen molar-refractivity contribution in [1.29, 1.82) is 0 Å². The number of aliphatic hydroxyl groups is 1. The van der Waals surface area contributed by atoms with Gasteiger partial charge in [0.25, 0.3) is 5.92 Å². The van der Waals surface area contributed by atoms with E-state index in [1.54, 1.807) is 6.92 Å². The number of unbranched alkanes of at least 4 members (excludes halogenated alkanes) is 2. The molecule has 0 bridgehead atoms. The van der Waals surface area contributed by atoms with Crippen molar-refractivity contribution in [3.05, 3.63) is 71.5 Å². The van der Waals surface area contributed by atoms with E-state index in [4.69, 9.17) is 4.74 Å². The highest BCUT2D eigenvalue weighted by Crippen LogP contribution is 2.52. The van der Waals surface area contributed by atoms with Crippen LogP contribution in [0.4, 0.5) is 8.78 Å². The van der Waals surface area contributed by atoms with Crippen molar-refractivity contribution < 1.29 is 23.4 Å². The van der Waals surface area contributed by atoms with E-state index < -0.39 is 30.1 Å². The van der Waals surface area contributed by atoms with Crippen LogP contribution in [0, 0.1) is 0 Å². The van der Waals surface area contributed by atoms with E-state index in [1.165, 1.54) is 18.0 Å². The molecule has 6 nitrogen and oxygen atoms in total. The molecular formula is C28H33F2N3O3S. The maximum Gasteiger partial charge on any atom is 0.356 e. The second-order valence-electron chi connectivity index (χ2n) is 9.40. The summed E-state index contributed by atoms with van der Waals surface area (Å²) >= 11 is 1.53. The second-order valence-corrected chi connectivity index (χ2v) is 10.5. The van der Waals surface area contributed by atoms with Crippen LogP contribution in [0.3, 0.4) is 0 Å². The predicted molar refractivity (Wildman–Crippen MR) is 141 cm³/mol. The maximum atomic E-state index is 13.7. The first kappa shape index (κ1) is 27.3. The SMILES string of the molecule is CCOC(=O)c1cnc(SCCCCCC2(C(O)NCC(C)(F)F)c3ccccc3-c3ccccc32)[nH]1. The minimum atomic E-state index is -2.93. The zero-order valence-electron chi connectivity index (χ0n) is 21.1. The summed E-state index contributed by atoms with van der Waals surface area (Å²) in [5.74, 6) is -2.55. The highest BCUT2D eigenvalue weighted by molar-refractivity contribution is 7.99. The summed E-state index contributed by atoms with van der Waals surface area (Å²) in [7, 11) is 0. The third-order valence-corrected chi connectivity index (χ3v) is 7.65. The van der Waals surface area contributed by atoms with E-state index in [1.807, 2.05) is 48.5 Å². The Balaban J connectivity index is 1.43. The van der Waals surface area contributed by atoms with E-state index >= 15 is 0 Å². The molecule has 198 valence electrons. The molecule has 1 aliphatic carbocycles. The zero-order valence-corrected chi connectivity index (χ0v) is 21.9. The van der Waals surface area contributed by atoms with Crippen LogP contribution in [0.1, 0.15) is 61.1 Å². The van der Waals surface area contributed by atoms with E-state index in [0.29, 0.717) is 23.9 Å². The Morgan fingerprint density at radius 3 is 2.41 bits per heavy atom. The summed E-state index contributed by atoms with van der Waals surface area (Å²) in [6.07, 6.45) is 3.52. The Hall–Kier alpha value is -2.75. The Bertz CT molecular complexity index is 1170. The molecule has 1 unspecified atom stereocenters. The van der Waals surface area contributed by atoms with Gasteiger partial charge in [0.1, 0.15) is 11.9 Å². The third kappa shape index (κ3) is 6.05. The predicted octanol–water partition coefficient (Wildman–Crippen LogP) is 5.77. The largest absolute Gasteiger partial charge is 0.461 e. The van der Waals surface area contributed by atoms with Crippen LogP contribution in [-0.4, -0.2) is 52.1 Å². The van der Waals surface area contributed by atoms with Gasteiger partial charge in [0, 0.05) is 12.7 Å². The number of nitrogens with one attached hydrogen (secondary N) is 2.